The number of carbonyl (C=O) groups excluding carboxylic acids is 1. The van der Waals surface area contributed by atoms with Crippen LogP contribution in [0.1, 0.15) is 32.2 Å². The summed E-state index contributed by atoms with van der Waals surface area (Å²) in [4.78, 5) is 16.3. The maximum Gasteiger partial charge on any atom is 0.435 e. The van der Waals surface area contributed by atoms with Gasteiger partial charge in [0.15, 0.2) is 0 Å². The molecule has 0 unspecified atom stereocenters. The minimum atomic E-state index is -0.563. The van der Waals surface area contributed by atoms with Gasteiger partial charge in [-0.25, -0.2) is 9.78 Å². The number of aromatic nitrogens is 3. The number of hydrogen-bond donors (Lipinski definition) is 1. The quantitative estimate of drug-likeness (QED) is 0.872. The lowest BCUT2D eigenvalue weighted by Crippen LogP contribution is -2.28. The highest BCUT2D eigenvalue weighted by atomic mass is 16.6. The molecule has 21 heavy (non-hydrogen) atoms. The summed E-state index contributed by atoms with van der Waals surface area (Å²) in [6.45, 7) is 9.14. The Morgan fingerprint density at radius 1 is 1.29 bits per heavy atom. The van der Waals surface area contributed by atoms with Gasteiger partial charge in [-0.3, -0.25) is 0 Å². The van der Waals surface area contributed by atoms with Crippen molar-refractivity contribution in [2.24, 2.45) is 0 Å². The number of anilines is 1. The molecule has 0 saturated carbocycles. The fraction of sp³-hybridized carbons (Fsp3) is 0.400. The molecule has 2 rings (SSSR count). The summed E-state index contributed by atoms with van der Waals surface area (Å²) in [6.07, 6.45) is 1.18. The first-order valence-electron chi connectivity index (χ1n) is 6.70. The summed E-state index contributed by atoms with van der Waals surface area (Å²) >= 11 is 0. The van der Waals surface area contributed by atoms with Gasteiger partial charge < -0.3 is 10.5 Å². The van der Waals surface area contributed by atoms with Crippen molar-refractivity contribution in [1.82, 2.24) is 14.8 Å². The van der Waals surface area contributed by atoms with Crippen molar-refractivity contribution in [3.63, 3.8) is 0 Å². The van der Waals surface area contributed by atoms with Crippen molar-refractivity contribution in [2.45, 2.75) is 40.2 Å². The zero-order valence-electron chi connectivity index (χ0n) is 13.0. The van der Waals surface area contributed by atoms with Crippen molar-refractivity contribution in [1.29, 1.82) is 0 Å². The summed E-state index contributed by atoms with van der Waals surface area (Å²) in [7, 11) is 0. The lowest BCUT2D eigenvalue weighted by molar-refractivity contribution is 0.0510. The molecule has 0 aromatic carbocycles. The smallest absolute Gasteiger partial charge is 0.435 e. The van der Waals surface area contributed by atoms with E-state index in [-0.39, 0.29) is 0 Å². The summed E-state index contributed by atoms with van der Waals surface area (Å²) in [5.74, 6) is 0.452. The number of hydrogen-bond acceptors (Lipinski definition) is 5. The monoisotopic (exact) mass is 288 g/mol. The van der Waals surface area contributed by atoms with Crippen molar-refractivity contribution < 1.29 is 9.53 Å². The third-order valence-electron chi connectivity index (χ3n) is 2.93. The summed E-state index contributed by atoms with van der Waals surface area (Å²) in [5, 5.41) is 4.28. The number of nitrogens with zero attached hydrogens (tertiary/aromatic N) is 3. The number of aryl methyl sites for hydroxylation is 1. The van der Waals surface area contributed by atoms with Gasteiger partial charge in [-0.1, -0.05) is 0 Å². The zero-order chi connectivity index (χ0) is 15.8. The van der Waals surface area contributed by atoms with Gasteiger partial charge in [0, 0.05) is 17.3 Å². The molecular formula is C15H20N4O2. The third kappa shape index (κ3) is 3.21. The first kappa shape index (κ1) is 15.0. The van der Waals surface area contributed by atoms with Gasteiger partial charge in [0.2, 0.25) is 0 Å². The molecular weight excluding hydrogens is 268 g/mol. The van der Waals surface area contributed by atoms with Gasteiger partial charge >= 0.3 is 6.09 Å². The van der Waals surface area contributed by atoms with Gasteiger partial charge in [0.25, 0.3) is 0 Å². The Kier molecular flexibility index (Phi) is 3.72. The van der Waals surface area contributed by atoms with Crippen LogP contribution >= 0.6 is 0 Å². The molecule has 0 amide bonds. The van der Waals surface area contributed by atoms with Crippen LogP contribution in [0.4, 0.5) is 10.6 Å². The molecule has 0 radical (unpaired) electrons. The summed E-state index contributed by atoms with van der Waals surface area (Å²) in [6, 6.07) is 3.58. The van der Waals surface area contributed by atoms with Crippen LogP contribution in [-0.2, 0) is 4.74 Å². The lowest BCUT2D eigenvalue weighted by atomic mass is 10.1. The fourth-order valence-corrected chi connectivity index (χ4v) is 2.10. The first-order valence-corrected chi connectivity index (χ1v) is 6.70. The third-order valence-corrected chi connectivity index (χ3v) is 2.93. The fourth-order valence-electron chi connectivity index (χ4n) is 2.10. The van der Waals surface area contributed by atoms with E-state index in [1.807, 2.05) is 40.7 Å². The van der Waals surface area contributed by atoms with E-state index in [0.29, 0.717) is 11.5 Å². The van der Waals surface area contributed by atoms with E-state index >= 15 is 0 Å². The molecule has 0 fully saturated rings. The van der Waals surface area contributed by atoms with E-state index in [2.05, 4.69) is 10.1 Å². The van der Waals surface area contributed by atoms with E-state index in [1.165, 1.54) is 4.68 Å². The van der Waals surface area contributed by atoms with Crippen molar-refractivity contribution in [3.8, 4) is 11.1 Å². The zero-order valence-corrected chi connectivity index (χ0v) is 13.0. The van der Waals surface area contributed by atoms with Crippen LogP contribution in [0.2, 0.25) is 0 Å². The second kappa shape index (κ2) is 5.20. The molecule has 2 heterocycles. The van der Waals surface area contributed by atoms with Crippen LogP contribution in [-0.4, -0.2) is 26.5 Å². The highest BCUT2D eigenvalue weighted by molar-refractivity contribution is 5.76. The van der Waals surface area contributed by atoms with E-state index in [4.69, 9.17) is 10.5 Å². The normalized spacial score (nSPS) is 11.5. The lowest BCUT2D eigenvalue weighted by Gasteiger charge is -2.19. The Morgan fingerprint density at radius 2 is 1.95 bits per heavy atom. The average molecular weight is 288 g/mol. The summed E-state index contributed by atoms with van der Waals surface area (Å²) < 4.78 is 6.64. The topological polar surface area (TPSA) is 83.0 Å². The molecule has 0 atom stereocenters. The largest absolute Gasteiger partial charge is 0.442 e. The van der Waals surface area contributed by atoms with E-state index in [1.54, 1.807) is 12.3 Å². The van der Waals surface area contributed by atoms with Gasteiger partial charge in [-0.2, -0.15) is 9.78 Å². The molecule has 2 aromatic rings. The Labute approximate surface area is 123 Å². The van der Waals surface area contributed by atoms with E-state index in [9.17, 15) is 4.79 Å². The minimum absolute atomic E-state index is 0.452. The number of pyridine rings is 1. The maximum absolute atomic E-state index is 12.2. The molecule has 0 aliphatic carbocycles. The van der Waals surface area contributed by atoms with Gasteiger partial charge in [-0.15, -0.1) is 0 Å². The van der Waals surface area contributed by atoms with Gasteiger partial charge in [-0.05, 0) is 46.8 Å². The first-order chi connectivity index (χ1) is 9.69. The molecule has 0 bridgehead atoms. The highest BCUT2D eigenvalue weighted by Crippen LogP contribution is 2.27. The summed E-state index contributed by atoms with van der Waals surface area (Å²) in [5.41, 5.74) is 8.23. The average Bonchev–Trinajstić information content (AvgIpc) is 2.64. The molecule has 0 spiro atoms. The van der Waals surface area contributed by atoms with Crippen LogP contribution in [0, 0.1) is 13.8 Å². The van der Waals surface area contributed by atoms with Crippen LogP contribution < -0.4 is 5.73 Å². The highest BCUT2D eigenvalue weighted by Gasteiger charge is 2.23. The number of nitrogen functional groups attached to an aromatic ring is 1. The molecule has 0 saturated heterocycles. The maximum atomic E-state index is 12.2. The molecule has 2 N–H and O–H groups in total. The molecule has 0 aliphatic rings. The van der Waals surface area contributed by atoms with Crippen molar-refractivity contribution in [2.75, 3.05) is 5.73 Å². The van der Waals surface area contributed by atoms with Crippen LogP contribution in [0.15, 0.2) is 18.3 Å². The number of nitrogens with two attached hydrogens (primary N) is 1. The predicted octanol–water partition coefficient (Wildman–Crippen LogP) is 2.93. The Balaban J connectivity index is 2.42. The Morgan fingerprint density at radius 3 is 2.48 bits per heavy atom. The second-order valence-electron chi connectivity index (χ2n) is 5.91. The SMILES string of the molecule is Cc1nn(C(=O)OC(C)(C)C)c(C)c1-c1ccc(N)nc1. The number of rotatable bonds is 1. The van der Waals surface area contributed by atoms with Crippen molar-refractivity contribution >= 4 is 11.9 Å². The standard InChI is InChI=1S/C15H20N4O2/c1-9-13(11-6-7-12(16)17-8-11)10(2)19(18-9)14(20)21-15(3,4)5/h6-8H,1-5H3,(H2,16,17). The molecule has 6 nitrogen and oxygen atoms in total. The molecule has 2 aromatic heterocycles. The molecule has 112 valence electrons. The van der Waals surface area contributed by atoms with Gasteiger partial charge in [0.1, 0.15) is 11.4 Å². The number of carbonyl (C=O) groups is 1. The van der Waals surface area contributed by atoms with E-state index in [0.717, 1.165) is 16.8 Å². The van der Waals surface area contributed by atoms with Crippen LogP contribution in [0.25, 0.3) is 11.1 Å². The second-order valence-corrected chi connectivity index (χ2v) is 5.91. The van der Waals surface area contributed by atoms with Crippen LogP contribution in [0.3, 0.4) is 0 Å². The molecule has 6 heteroatoms. The number of ether oxygens (including phenoxy) is 1. The van der Waals surface area contributed by atoms with Gasteiger partial charge in [0.05, 0.1) is 11.4 Å². The molecule has 0 aliphatic heterocycles. The predicted molar refractivity (Wildman–Crippen MR) is 81.0 cm³/mol. The Hall–Kier alpha value is -2.37. The van der Waals surface area contributed by atoms with E-state index < -0.39 is 11.7 Å². The Bertz CT molecular complexity index is 666. The van der Waals surface area contributed by atoms with Crippen LogP contribution in [0.5, 0.6) is 0 Å². The van der Waals surface area contributed by atoms with Crippen molar-refractivity contribution in [3.05, 3.63) is 29.7 Å². The minimum Gasteiger partial charge on any atom is -0.442 e.